The van der Waals surface area contributed by atoms with Gasteiger partial charge >= 0.3 is 12.2 Å². The van der Waals surface area contributed by atoms with Crippen LogP contribution in [0.25, 0.3) is 0 Å². The van der Waals surface area contributed by atoms with E-state index in [9.17, 15) is 27.6 Å². The Kier molecular flexibility index (Phi) is 6.74. The molecule has 2 bridgehead atoms. The largest absolute Gasteiger partial charge is 0.408 e. The van der Waals surface area contributed by atoms with Gasteiger partial charge in [0.05, 0.1) is 11.7 Å². The third-order valence-electron chi connectivity index (χ3n) is 5.92. The predicted molar refractivity (Wildman–Crippen MR) is 126 cm³/mol. The number of urea groups is 1. The first-order chi connectivity index (χ1) is 16.9. The molecule has 0 aliphatic carbocycles. The van der Waals surface area contributed by atoms with Gasteiger partial charge in [-0.25, -0.2) is 14.8 Å². The topological polar surface area (TPSA) is 120 Å². The molecule has 192 valence electrons. The number of nitrogens with one attached hydrogen (secondary N) is 3. The summed E-state index contributed by atoms with van der Waals surface area (Å²) < 4.78 is 38.7. The molecule has 4 heterocycles. The molecule has 0 spiro atoms. The minimum absolute atomic E-state index is 0.0736. The second-order valence-corrected chi connectivity index (χ2v) is 9.02. The maximum Gasteiger partial charge on any atom is 0.408 e. The number of alkyl halides is 3. The molecule has 1 fully saturated rings. The van der Waals surface area contributed by atoms with E-state index in [0.29, 0.717) is 30.8 Å². The molecule has 0 aromatic carbocycles. The van der Waals surface area contributed by atoms with E-state index < -0.39 is 24.2 Å². The maximum atomic E-state index is 13.3. The van der Waals surface area contributed by atoms with E-state index in [-0.39, 0.29) is 35.3 Å². The summed E-state index contributed by atoms with van der Waals surface area (Å²) in [5, 5.41) is 7.32. The molecule has 2 aromatic heterocycles. The number of fused-ring (bicyclic) bond motifs is 4. The molecule has 13 heteroatoms. The van der Waals surface area contributed by atoms with Crippen LogP contribution in [0.1, 0.15) is 48.0 Å². The summed E-state index contributed by atoms with van der Waals surface area (Å²) in [6.07, 6.45) is -2.57. The molecular weight excluding hydrogens is 479 g/mol. The standard InChI is InChI=1S/C23H26F3N7O3/c1-12(2)28-20(34)14-6-8-27-18(10-14)31-22(36)33-15-7-9-32(11-15)17-5-4-16(30-19(17)33)21(35)29-13(3)23(24,25)26/h4-6,8,10,12-13,15H,7,9,11H2,1-3H3,(H,28,34)(H,29,35)(H,27,31,36)/t13-,15+/m1/s1. The van der Waals surface area contributed by atoms with Crippen LogP contribution >= 0.6 is 0 Å². The molecule has 1 saturated heterocycles. The summed E-state index contributed by atoms with van der Waals surface area (Å²) in [5.41, 5.74) is 0.670. The van der Waals surface area contributed by atoms with Gasteiger partial charge < -0.3 is 15.5 Å². The molecule has 4 rings (SSSR count). The molecule has 0 radical (unpaired) electrons. The van der Waals surface area contributed by atoms with Crippen molar-refractivity contribution in [2.45, 2.75) is 51.5 Å². The molecule has 2 aliphatic rings. The Morgan fingerprint density at radius 3 is 2.53 bits per heavy atom. The minimum atomic E-state index is -4.60. The van der Waals surface area contributed by atoms with Crippen molar-refractivity contribution in [1.82, 2.24) is 20.6 Å². The first kappa shape index (κ1) is 25.2. The summed E-state index contributed by atoms with van der Waals surface area (Å²) in [6.45, 7) is 5.69. The number of nitrogens with zero attached hydrogens (tertiary/aromatic N) is 4. The summed E-state index contributed by atoms with van der Waals surface area (Å²) >= 11 is 0. The quantitative estimate of drug-likeness (QED) is 0.575. The number of pyridine rings is 2. The molecule has 4 amide bonds. The average Bonchev–Trinajstić information content (AvgIpc) is 3.22. The number of hydrogen-bond donors (Lipinski definition) is 3. The second kappa shape index (κ2) is 9.63. The van der Waals surface area contributed by atoms with Crippen molar-refractivity contribution in [3.8, 4) is 0 Å². The zero-order valence-electron chi connectivity index (χ0n) is 19.9. The van der Waals surface area contributed by atoms with Gasteiger partial charge in [0.15, 0.2) is 5.82 Å². The Balaban J connectivity index is 1.59. The fourth-order valence-corrected chi connectivity index (χ4v) is 4.11. The van der Waals surface area contributed by atoms with Gasteiger partial charge in [-0.2, -0.15) is 13.2 Å². The lowest BCUT2D eigenvalue weighted by molar-refractivity contribution is -0.149. The minimum Gasteiger partial charge on any atom is -0.366 e. The summed E-state index contributed by atoms with van der Waals surface area (Å²) in [4.78, 5) is 49.9. The SMILES string of the molecule is CC(C)NC(=O)c1ccnc(NC(=O)N2c3nc(C(=O)N[C@H](C)C(F)(F)F)ccc3N3CC[C@H]2C3)c1. The van der Waals surface area contributed by atoms with Crippen molar-refractivity contribution < 1.29 is 27.6 Å². The Labute approximate surface area is 205 Å². The van der Waals surface area contributed by atoms with E-state index in [2.05, 4.69) is 20.6 Å². The van der Waals surface area contributed by atoms with Crippen LogP contribution in [0.15, 0.2) is 30.5 Å². The van der Waals surface area contributed by atoms with Crippen molar-refractivity contribution in [3.05, 3.63) is 41.7 Å². The molecule has 10 nitrogen and oxygen atoms in total. The molecule has 36 heavy (non-hydrogen) atoms. The van der Waals surface area contributed by atoms with Crippen LogP contribution in [0.5, 0.6) is 0 Å². The first-order valence-corrected chi connectivity index (χ1v) is 11.4. The second-order valence-electron chi connectivity index (χ2n) is 9.02. The Morgan fingerprint density at radius 1 is 1.08 bits per heavy atom. The Bertz CT molecular complexity index is 1190. The summed E-state index contributed by atoms with van der Waals surface area (Å²) in [6, 6.07) is 2.90. The van der Waals surface area contributed by atoms with Crippen LogP contribution in [-0.2, 0) is 0 Å². The maximum absolute atomic E-state index is 13.3. The zero-order chi connectivity index (χ0) is 26.2. The summed E-state index contributed by atoms with van der Waals surface area (Å²) in [5.74, 6) is -1.00. The van der Waals surface area contributed by atoms with Crippen LogP contribution in [0.4, 0.5) is 35.3 Å². The van der Waals surface area contributed by atoms with Gasteiger partial charge in [0.2, 0.25) is 0 Å². The van der Waals surface area contributed by atoms with E-state index in [1.165, 1.54) is 29.3 Å². The van der Waals surface area contributed by atoms with E-state index in [0.717, 1.165) is 6.92 Å². The van der Waals surface area contributed by atoms with E-state index in [4.69, 9.17) is 0 Å². The number of carbonyl (C=O) groups excluding carboxylic acids is 3. The number of anilines is 3. The molecule has 0 unspecified atom stereocenters. The smallest absolute Gasteiger partial charge is 0.366 e. The number of rotatable bonds is 5. The number of carbonyl (C=O) groups is 3. The van der Waals surface area contributed by atoms with Crippen LogP contribution in [0, 0.1) is 0 Å². The average molecular weight is 506 g/mol. The third-order valence-corrected chi connectivity index (χ3v) is 5.92. The highest BCUT2D eigenvalue weighted by Crippen LogP contribution is 2.39. The van der Waals surface area contributed by atoms with Gasteiger partial charge in [-0.05, 0) is 51.5 Å². The highest BCUT2D eigenvalue weighted by molar-refractivity contribution is 6.05. The molecule has 2 atom stereocenters. The molecular formula is C23H26F3N7O3. The van der Waals surface area contributed by atoms with Crippen LogP contribution < -0.4 is 25.8 Å². The van der Waals surface area contributed by atoms with Crippen molar-refractivity contribution in [1.29, 1.82) is 0 Å². The predicted octanol–water partition coefficient (Wildman–Crippen LogP) is 2.93. The number of aromatic nitrogens is 2. The van der Waals surface area contributed by atoms with Gasteiger partial charge in [-0.1, -0.05) is 0 Å². The summed E-state index contributed by atoms with van der Waals surface area (Å²) in [7, 11) is 0. The molecule has 3 N–H and O–H groups in total. The van der Waals surface area contributed by atoms with Crippen molar-refractivity contribution in [2.75, 3.05) is 28.2 Å². The van der Waals surface area contributed by atoms with Crippen LogP contribution in [-0.4, -0.2) is 65.2 Å². The Hall–Kier alpha value is -3.90. The van der Waals surface area contributed by atoms with Gasteiger partial charge in [0, 0.05) is 30.9 Å². The highest BCUT2D eigenvalue weighted by atomic mass is 19.4. The van der Waals surface area contributed by atoms with Crippen LogP contribution in [0.3, 0.4) is 0 Å². The lowest BCUT2D eigenvalue weighted by Gasteiger charge is -2.35. The van der Waals surface area contributed by atoms with Crippen molar-refractivity contribution >= 4 is 35.2 Å². The normalized spacial score (nSPS) is 17.5. The number of hydrogen-bond acceptors (Lipinski definition) is 6. The Morgan fingerprint density at radius 2 is 1.83 bits per heavy atom. The van der Waals surface area contributed by atoms with Gasteiger partial charge in [-0.15, -0.1) is 0 Å². The molecule has 2 aliphatic heterocycles. The van der Waals surface area contributed by atoms with E-state index in [1.807, 2.05) is 24.1 Å². The zero-order valence-corrected chi connectivity index (χ0v) is 19.9. The first-order valence-electron chi connectivity index (χ1n) is 11.4. The fourth-order valence-electron chi connectivity index (χ4n) is 4.11. The fraction of sp³-hybridized carbons (Fsp3) is 0.435. The number of halogens is 3. The lowest BCUT2D eigenvalue weighted by atomic mass is 10.1. The third kappa shape index (κ3) is 5.19. The van der Waals surface area contributed by atoms with Crippen molar-refractivity contribution in [2.24, 2.45) is 0 Å². The number of amides is 4. The van der Waals surface area contributed by atoms with Gasteiger partial charge in [0.1, 0.15) is 17.6 Å². The monoisotopic (exact) mass is 505 g/mol. The van der Waals surface area contributed by atoms with Gasteiger partial charge in [-0.3, -0.25) is 19.8 Å². The van der Waals surface area contributed by atoms with Crippen LogP contribution in [0.2, 0.25) is 0 Å². The van der Waals surface area contributed by atoms with E-state index >= 15 is 0 Å². The molecule has 2 aromatic rings. The highest BCUT2D eigenvalue weighted by Gasteiger charge is 2.41. The van der Waals surface area contributed by atoms with Gasteiger partial charge in [0.25, 0.3) is 11.8 Å². The van der Waals surface area contributed by atoms with Crippen molar-refractivity contribution in [3.63, 3.8) is 0 Å². The molecule has 0 saturated carbocycles. The lowest BCUT2D eigenvalue weighted by Crippen LogP contribution is -2.49. The van der Waals surface area contributed by atoms with E-state index in [1.54, 1.807) is 6.07 Å².